The lowest BCUT2D eigenvalue weighted by molar-refractivity contribution is -0.792. The molecule has 161 valence electrons. The molecule has 3 aromatic heterocycles. The van der Waals surface area contributed by atoms with Crippen molar-refractivity contribution in [3.63, 3.8) is 0 Å². The van der Waals surface area contributed by atoms with Crippen LogP contribution in [0.1, 0.15) is 0 Å². The maximum atomic E-state index is 9.75. The summed E-state index contributed by atoms with van der Waals surface area (Å²) in [6, 6.07) is 0. The van der Waals surface area contributed by atoms with Crippen LogP contribution >= 0.6 is 0 Å². The third kappa shape index (κ3) is 10.4. The van der Waals surface area contributed by atoms with Crippen molar-refractivity contribution in [3.8, 4) is 0 Å². The molecule has 1 radical (unpaired) electrons. The molecule has 0 aliphatic carbocycles. The number of halogens is 8. The second-order valence-corrected chi connectivity index (χ2v) is 5.92. The molecule has 3 rings (SSSR count). The van der Waals surface area contributed by atoms with Crippen LogP contribution < -0.4 is 13.4 Å². The van der Waals surface area contributed by atoms with Gasteiger partial charge in [0.05, 0.1) is 39.7 Å². The van der Waals surface area contributed by atoms with Crippen LogP contribution in [0.5, 0.6) is 0 Å². The monoisotopic (exact) mass is 431 g/mol. The van der Waals surface area contributed by atoms with Crippen LogP contribution in [0, 0.1) is 0 Å². The Morgan fingerprint density at radius 1 is 0.552 bits per heavy atom. The van der Waals surface area contributed by atoms with Gasteiger partial charge in [-0.05, 0) is 0 Å². The summed E-state index contributed by atoms with van der Waals surface area (Å²) >= 11 is 0. The fourth-order valence-electron chi connectivity index (χ4n) is 2.28. The molecule has 0 unspecified atom stereocenters. The SMILES string of the molecule is Cn1cc[n+]([B-]([n+]2ccn(C)c2)[n+]2ccn(C)c2)c1.F[B-](F)(F)F.F[B-](F)(F)F. The average Bonchev–Trinajstić information content (AvgIpc) is 3.20. The number of hydrogen-bond acceptors (Lipinski definition) is 0. The van der Waals surface area contributed by atoms with Crippen molar-refractivity contribution in [2.24, 2.45) is 21.1 Å². The van der Waals surface area contributed by atoms with Crippen molar-refractivity contribution >= 4 is 21.6 Å². The minimum atomic E-state index is -6.00. The summed E-state index contributed by atoms with van der Waals surface area (Å²) in [6.07, 6.45) is 18.6. The van der Waals surface area contributed by atoms with Crippen LogP contribution in [0.3, 0.4) is 0 Å². The first-order valence-corrected chi connectivity index (χ1v) is 7.96. The zero-order chi connectivity index (χ0) is 22.4. The van der Waals surface area contributed by atoms with Crippen LogP contribution in [-0.2, 0) is 21.1 Å². The predicted molar refractivity (Wildman–Crippen MR) is 89.1 cm³/mol. The molecule has 0 aliphatic heterocycles. The van der Waals surface area contributed by atoms with Crippen LogP contribution in [0.2, 0.25) is 0 Å². The molecule has 0 aliphatic rings. The molecule has 0 fully saturated rings. The smallest absolute Gasteiger partial charge is 0.418 e. The fourth-order valence-corrected chi connectivity index (χ4v) is 2.28. The largest absolute Gasteiger partial charge is 0.673 e. The topological polar surface area (TPSA) is 26.4 Å². The molecule has 17 heteroatoms. The minimum Gasteiger partial charge on any atom is -0.418 e. The number of imidazole rings is 3. The molecule has 6 nitrogen and oxygen atoms in total. The Hall–Kier alpha value is -2.74. The third-order valence-corrected chi connectivity index (χ3v) is 3.17. The van der Waals surface area contributed by atoms with E-state index in [9.17, 15) is 34.5 Å². The summed E-state index contributed by atoms with van der Waals surface area (Å²) in [6.45, 7) is 0. The Morgan fingerprint density at radius 2 is 0.759 bits per heavy atom. The second kappa shape index (κ2) is 9.65. The van der Waals surface area contributed by atoms with E-state index in [2.05, 4.69) is 51.0 Å². The minimum absolute atomic E-state index is 0.0589. The zero-order valence-corrected chi connectivity index (χ0v) is 15.6. The fraction of sp³-hybridized carbons (Fsp3) is 0.250. The second-order valence-electron chi connectivity index (χ2n) is 5.92. The lowest BCUT2D eigenvalue weighted by Gasteiger charge is -2.13. The van der Waals surface area contributed by atoms with E-state index in [4.69, 9.17) is 0 Å². The highest BCUT2D eigenvalue weighted by Gasteiger charge is 2.27. The lowest BCUT2D eigenvalue weighted by atomic mass is 9.92. The van der Waals surface area contributed by atoms with Crippen molar-refractivity contribution < 1.29 is 48.0 Å². The van der Waals surface area contributed by atoms with Crippen LogP contribution in [0.25, 0.3) is 0 Å². The Labute approximate surface area is 161 Å². The summed E-state index contributed by atoms with van der Waals surface area (Å²) < 4.78 is 90.6. The third-order valence-electron chi connectivity index (χ3n) is 3.17. The first-order chi connectivity index (χ1) is 13.1. The van der Waals surface area contributed by atoms with E-state index in [1.807, 2.05) is 53.4 Å². The van der Waals surface area contributed by atoms with Gasteiger partial charge in [0.25, 0.3) is 0 Å². The Balaban J connectivity index is 0.000000353. The quantitative estimate of drug-likeness (QED) is 0.439. The average molecular weight is 431 g/mol. The van der Waals surface area contributed by atoms with E-state index < -0.39 is 14.5 Å². The van der Waals surface area contributed by atoms with Crippen molar-refractivity contribution in [2.45, 2.75) is 0 Å². The van der Waals surface area contributed by atoms with Gasteiger partial charge in [-0.25, -0.2) is 13.7 Å². The molecule has 0 atom stereocenters. The highest BCUT2D eigenvalue weighted by atomic mass is 19.5. The first-order valence-electron chi connectivity index (χ1n) is 7.96. The summed E-state index contributed by atoms with van der Waals surface area (Å²) in [4.78, 5) is 0. The van der Waals surface area contributed by atoms with Crippen molar-refractivity contribution in [2.75, 3.05) is 0 Å². The molecular weight excluding hydrogens is 413 g/mol. The summed E-state index contributed by atoms with van der Waals surface area (Å²) in [5.41, 5.74) is 0. The van der Waals surface area contributed by atoms with Gasteiger partial charge in [-0.1, -0.05) is 0 Å². The summed E-state index contributed by atoms with van der Waals surface area (Å²) in [5, 5.41) is 0. The van der Waals surface area contributed by atoms with Gasteiger partial charge in [-0.3, -0.25) is 0 Å². The molecule has 0 aromatic carbocycles. The molecule has 29 heavy (non-hydrogen) atoms. The molecule has 0 saturated carbocycles. The maximum absolute atomic E-state index is 9.75. The van der Waals surface area contributed by atoms with Crippen LogP contribution in [-0.4, -0.2) is 35.3 Å². The van der Waals surface area contributed by atoms with Gasteiger partial charge < -0.3 is 48.0 Å². The predicted octanol–water partition coefficient (Wildman–Crippen LogP) is 1.09. The number of aromatic nitrogens is 6. The Morgan fingerprint density at radius 3 is 0.897 bits per heavy atom. The van der Waals surface area contributed by atoms with Crippen LogP contribution in [0.15, 0.2) is 56.2 Å². The summed E-state index contributed by atoms with van der Waals surface area (Å²) in [5.74, 6) is 0. The first kappa shape index (κ1) is 24.3. The molecule has 0 N–H and O–H groups in total. The molecule has 0 saturated heterocycles. The maximum Gasteiger partial charge on any atom is 0.673 e. The molecule has 0 amide bonds. The molecule has 3 heterocycles. The van der Waals surface area contributed by atoms with E-state index in [0.717, 1.165) is 0 Å². The van der Waals surface area contributed by atoms with Crippen molar-refractivity contribution in [3.05, 3.63) is 56.2 Å². The molecular formula is C12H18B3F8N6. The standard InChI is InChI=1S/C12H18BN6.2BF4/c1-14-4-7-17(10-14)13(18-8-5-15(2)11-18)19-9-6-16(3)12-19;2*2-1(3,4)5/h4-12H,1-3H3;;/q+2;2*-1. The number of aryl methyl sites for hydroxylation is 3. The van der Waals surface area contributed by atoms with Crippen LogP contribution in [0.4, 0.5) is 34.5 Å². The normalized spacial score (nSPS) is 11.6. The van der Waals surface area contributed by atoms with Gasteiger partial charge in [-0.15, -0.1) is 0 Å². The molecule has 3 aromatic rings. The number of nitrogens with zero attached hydrogens (tertiary/aromatic N) is 6. The van der Waals surface area contributed by atoms with Gasteiger partial charge >= 0.3 is 21.6 Å². The number of hydrogen-bond donors (Lipinski definition) is 0. The molecule has 0 spiro atoms. The highest BCUT2D eigenvalue weighted by molar-refractivity contribution is 6.50. The molecule has 0 bridgehead atoms. The van der Waals surface area contributed by atoms with Gasteiger partial charge in [0.2, 0.25) is 19.0 Å². The zero-order valence-electron chi connectivity index (χ0n) is 15.6. The van der Waals surface area contributed by atoms with E-state index in [1.165, 1.54) is 0 Å². The number of rotatable bonds is 3. The van der Waals surface area contributed by atoms with E-state index >= 15 is 0 Å². The van der Waals surface area contributed by atoms with Crippen molar-refractivity contribution in [1.29, 1.82) is 0 Å². The van der Waals surface area contributed by atoms with Gasteiger partial charge in [0.1, 0.15) is 18.6 Å². The van der Waals surface area contributed by atoms with E-state index in [0.29, 0.717) is 0 Å². The Kier molecular flexibility index (Phi) is 8.09. The summed E-state index contributed by atoms with van der Waals surface area (Å²) in [7, 11) is -5.86. The van der Waals surface area contributed by atoms with Gasteiger partial charge in [0.15, 0.2) is 0 Å². The van der Waals surface area contributed by atoms with E-state index in [1.54, 1.807) is 0 Å². The van der Waals surface area contributed by atoms with Gasteiger partial charge in [-0.2, -0.15) is 0 Å². The Bertz CT molecular complexity index is 767. The van der Waals surface area contributed by atoms with Crippen molar-refractivity contribution in [1.82, 2.24) is 13.7 Å². The van der Waals surface area contributed by atoms with E-state index in [-0.39, 0.29) is 7.12 Å². The van der Waals surface area contributed by atoms with Gasteiger partial charge in [0, 0.05) is 0 Å². The lowest BCUT2D eigenvalue weighted by Crippen LogP contribution is -2.82. The highest BCUT2D eigenvalue weighted by Crippen LogP contribution is 2.07.